The Kier molecular flexibility index (Phi) is 4.54. The van der Waals surface area contributed by atoms with Gasteiger partial charge in [-0.15, -0.1) is 0 Å². The zero-order chi connectivity index (χ0) is 17.2. The second-order valence-corrected chi connectivity index (χ2v) is 7.06. The Bertz CT molecular complexity index is 792. The minimum Gasteiger partial charge on any atom is -0.368 e. The van der Waals surface area contributed by atoms with Gasteiger partial charge in [-0.2, -0.15) is 0 Å². The Balaban J connectivity index is 1.55. The zero-order valence-electron chi connectivity index (χ0n) is 13.6. The fourth-order valence-electron chi connectivity index (χ4n) is 3.18. The van der Waals surface area contributed by atoms with E-state index in [-0.39, 0.29) is 0 Å². The molecule has 0 aromatic carbocycles. The number of hydrogen-bond donors (Lipinski definition) is 2. The molecule has 2 aromatic rings. The van der Waals surface area contributed by atoms with Crippen LogP contribution in [0, 0.1) is 0 Å². The van der Waals surface area contributed by atoms with Crippen molar-refractivity contribution in [3.8, 4) is 0 Å². The van der Waals surface area contributed by atoms with Gasteiger partial charge < -0.3 is 15.4 Å². The lowest BCUT2D eigenvalue weighted by Crippen LogP contribution is -2.39. The third-order valence-corrected chi connectivity index (χ3v) is 4.92. The highest BCUT2D eigenvalue weighted by molar-refractivity contribution is 9.10. The van der Waals surface area contributed by atoms with Crippen LogP contribution in [0.1, 0.15) is 24.8 Å². The molecule has 1 saturated heterocycles. The van der Waals surface area contributed by atoms with E-state index in [9.17, 15) is 5.11 Å². The van der Waals surface area contributed by atoms with E-state index in [1.165, 1.54) is 19.3 Å². The Labute approximate surface area is 154 Å². The predicted molar refractivity (Wildman–Crippen MR) is 99.6 cm³/mol. The van der Waals surface area contributed by atoms with Crippen LogP contribution in [0.4, 0.5) is 11.6 Å². The van der Waals surface area contributed by atoms with Crippen LogP contribution < -0.4 is 15.3 Å². The first-order valence-electron chi connectivity index (χ1n) is 8.34. The van der Waals surface area contributed by atoms with Gasteiger partial charge in [0.1, 0.15) is 12.1 Å². The SMILES string of the molecule is OC1C(c2cncc(Br)c2)=CNN1c1cc(N2CCCCC2)ncn1. The molecule has 4 heterocycles. The van der Waals surface area contributed by atoms with Gasteiger partial charge in [-0.25, -0.2) is 15.0 Å². The molecular formula is C17H19BrN6O. The van der Waals surface area contributed by atoms with Crippen molar-refractivity contribution in [2.24, 2.45) is 0 Å². The molecule has 2 aliphatic rings. The maximum absolute atomic E-state index is 10.7. The molecule has 0 radical (unpaired) electrons. The van der Waals surface area contributed by atoms with Crippen molar-refractivity contribution in [3.63, 3.8) is 0 Å². The third-order valence-electron chi connectivity index (χ3n) is 4.49. The number of nitrogens with one attached hydrogen (secondary N) is 1. The molecule has 0 bridgehead atoms. The Morgan fingerprint density at radius 2 is 1.88 bits per heavy atom. The largest absolute Gasteiger partial charge is 0.368 e. The lowest BCUT2D eigenvalue weighted by Gasteiger charge is -2.29. The minimum absolute atomic E-state index is 0.636. The number of aromatic nitrogens is 3. The normalized spacial score (nSPS) is 20.4. The van der Waals surface area contributed by atoms with E-state index in [1.54, 1.807) is 29.9 Å². The van der Waals surface area contributed by atoms with Crippen LogP contribution >= 0.6 is 15.9 Å². The molecule has 25 heavy (non-hydrogen) atoms. The Morgan fingerprint density at radius 1 is 1.08 bits per heavy atom. The smallest absolute Gasteiger partial charge is 0.175 e. The minimum atomic E-state index is -0.847. The third kappa shape index (κ3) is 3.32. The first kappa shape index (κ1) is 16.3. The molecule has 1 atom stereocenters. The van der Waals surface area contributed by atoms with Gasteiger partial charge >= 0.3 is 0 Å². The summed E-state index contributed by atoms with van der Waals surface area (Å²) in [6.45, 7) is 2.03. The molecule has 2 aromatic heterocycles. The van der Waals surface area contributed by atoms with Crippen molar-refractivity contribution in [2.45, 2.75) is 25.5 Å². The summed E-state index contributed by atoms with van der Waals surface area (Å²) in [5.74, 6) is 1.54. The Hall–Kier alpha value is -2.19. The van der Waals surface area contributed by atoms with Gasteiger partial charge in [-0.1, -0.05) is 0 Å². The summed E-state index contributed by atoms with van der Waals surface area (Å²) in [4.78, 5) is 15.1. The molecule has 130 valence electrons. The van der Waals surface area contributed by atoms with Crippen LogP contribution in [-0.4, -0.2) is 39.4 Å². The number of piperidine rings is 1. The summed E-state index contributed by atoms with van der Waals surface area (Å²) in [5.41, 5.74) is 4.68. The van der Waals surface area contributed by atoms with Crippen LogP contribution in [0.3, 0.4) is 0 Å². The maximum Gasteiger partial charge on any atom is 0.175 e. The van der Waals surface area contributed by atoms with E-state index in [0.29, 0.717) is 5.82 Å². The average molecular weight is 403 g/mol. The highest BCUT2D eigenvalue weighted by Crippen LogP contribution is 2.29. The van der Waals surface area contributed by atoms with Gasteiger partial charge in [0.25, 0.3) is 0 Å². The van der Waals surface area contributed by atoms with Crippen molar-refractivity contribution in [3.05, 3.63) is 47.1 Å². The van der Waals surface area contributed by atoms with Crippen LogP contribution in [0.5, 0.6) is 0 Å². The number of halogens is 1. The van der Waals surface area contributed by atoms with Gasteiger partial charge in [0, 0.05) is 53.4 Å². The molecule has 1 unspecified atom stereocenters. The number of nitrogens with zero attached hydrogens (tertiary/aromatic N) is 5. The van der Waals surface area contributed by atoms with Gasteiger partial charge in [-0.3, -0.25) is 4.98 Å². The van der Waals surface area contributed by atoms with E-state index >= 15 is 0 Å². The monoisotopic (exact) mass is 402 g/mol. The fourth-order valence-corrected chi connectivity index (χ4v) is 3.55. The van der Waals surface area contributed by atoms with E-state index in [0.717, 1.165) is 34.5 Å². The molecule has 0 saturated carbocycles. The van der Waals surface area contributed by atoms with Crippen molar-refractivity contribution in [1.82, 2.24) is 20.4 Å². The molecule has 2 aliphatic heterocycles. The average Bonchev–Trinajstić information content (AvgIpc) is 3.04. The molecule has 2 N–H and O–H groups in total. The van der Waals surface area contributed by atoms with Gasteiger partial charge in [0.2, 0.25) is 0 Å². The highest BCUT2D eigenvalue weighted by atomic mass is 79.9. The summed E-state index contributed by atoms with van der Waals surface area (Å²) in [6.07, 6.45) is 9.56. The summed E-state index contributed by atoms with van der Waals surface area (Å²) in [6, 6.07) is 3.84. The van der Waals surface area contributed by atoms with Crippen molar-refractivity contribution in [1.29, 1.82) is 0 Å². The topological polar surface area (TPSA) is 77.4 Å². The summed E-state index contributed by atoms with van der Waals surface area (Å²) in [7, 11) is 0. The van der Waals surface area contributed by atoms with E-state index in [1.807, 2.05) is 12.1 Å². The van der Waals surface area contributed by atoms with Crippen LogP contribution in [0.25, 0.3) is 5.57 Å². The van der Waals surface area contributed by atoms with E-state index in [4.69, 9.17) is 0 Å². The molecule has 0 aliphatic carbocycles. The van der Waals surface area contributed by atoms with Crippen molar-refractivity contribution < 1.29 is 5.11 Å². The first-order chi connectivity index (χ1) is 12.2. The van der Waals surface area contributed by atoms with Gasteiger partial charge in [0.15, 0.2) is 12.0 Å². The van der Waals surface area contributed by atoms with E-state index < -0.39 is 6.23 Å². The number of rotatable bonds is 3. The van der Waals surface area contributed by atoms with Crippen LogP contribution in [0.2, 0.25) is 0 Å². The standard InChI is InChI=1S/C17H19BrN6O/c18-13-6-12(8-19-9-13)14-10-22-24(17(14)25)16-7-15(20-11-21-16)23-4-2-1-3-5-23/h6-11,17,22,25H,1-5H2. The number of hydrogen-bond acceptors (Lipinski definition) is 7. The second kappa shape index (κ2) is 6.97. The molecule has 8 heteroatoms. The molecule has 0 spiro atoms. The molecule has 4 rings (SSSR count). The summed E-state index contributed by atoms with van der Waals surface area (Å²) >= 11 is 3.41. The number of aliphatic hydroxyl groups is 1. The fraction of sp³-hybridized carbons (Fsp3) is 0.353. The molecule has 1 fully saturated rings. The number of hydrazine groups is 1. The molecule has 0 amide bonds. The predicted octanol–water partition coefficient (Wildman–Crippen LogP) is 2.31. The quantitative estimate of drug-likeness (QED) is 0.815. The van der Waals surface area contributed by atoms with Gasteiger partial charge in [0.05, 0.1) is 0 Å². The van der Waals surface area contributed by atoms with Gasteiger partial charge in [-0.05, 0) is 41.3 Å². The van der Waals surface area contributed by atoms with Crippen LogP contribution in [-0.2, 0) is 0 Å². The first-order valence-corrected chi connectivity index (χ1v) is 9.13. The number of anilines is 2. The van der Waals surface area contributed by atoms with Crippen molar-refractivity contribution >= 4 is 33.1 Å². The Morgan fingerprint density at radius 3 is 2.68 bits per heavy atom. The van der Waals surface area contributed by atoms with E-state index in [2.05, 4.69) is 41.2 Å². The molecular weight excluding hydrogens is 384 g/mol. The summed E-state index contributed by atoms with van der Waals surface area (Å²) < 4.78 is 0.867. The zero-order valence-corrected chi connectivity index (χ0v) is 15.2. The van der Waals surface area contributed by atoms with Crippen LogP contribution in [0.15, 0.2) is 41.5 Å². The highest BCUT2D eigenvalue weighted by Gasteiger charge is 2.28. The molecule has 7 nitrogen and oxygen atoms in total. The second-order valence-electron chi connectivity index (χ2n) is 6.15. The number of aliphatic hydroxyl groups excluding tert-OH is 1. The lowest BCUT2D eigenvalue weighted by atomic mass is 10.1. The number of pyridine rings is 1. The van der Waals surface area contributed by atoms with Crippen molar-refractivity contribution in [2.75, 3.05) is 23.0 Å². The lowest BCUT2D eigenvalue weighted by molar-refractivity contribution is 0.225. The maximum atomic E-state index is 10.7. The summed E-state index contributed by atoms with van der Waals surface area (Å²) in [5, 5.41) is 12.4.